The lowest BCUT2D eigenvalue weighted by molar-refractivity contribution is -0.152. The van der Waals surface area contributed by atoms with E-state index in [2.05, 4.69) is 0 Å². The summed E-state index contributed by atoms with van der Waals surface area (Å²) in [7, 11) is 0. The van der Waals surface area contributed by atoms with Gasteiger partial charge in [0.15, 0.2) is 0 Å². The number of aliphatic hydroxyl groups excluding tert-OH is 1. The second kappa shape index (κ2) is 6.91. The van der Waals surface area contributed by atoms with Crippen molar-refractivity contribution in [3.05, 3.63) is 60.1 Å². The van der Waals surface area contributed by atoms with Crippen LogP contribution in [0.4, 0.5) is 0 Å². The van der Waals surface area contributed by atoms with Gasteiger partial charge in [0.25, 0.3) is 0 Å². The van der Waals surface area contributed by atoms with E-state index in [0.717, 1.165) is 5.56 Å². The van der Waals surface area contributed by atoms with E-state index in [1.54, 1.807) is 19.1 Å². The van der Waals surface area contributed by atoms with Crippen LogP contribution in [0.15, 0.2) is 53.1 Å². The first-order valence-electron chi connectivity index (χ1n) is 6.64. The molecule has 2 atom stereocenters. The average molecular weight is 274 g/mol. The van der Waals surface area contributed by atoms with Crippen molar-refractivity contribution < 1.29 is 19.1 Å². The van der Waals surface area contributed by atoms with Gasteiger partial charge in [0, 0.05) is 0 Å². The minimum atomic E-state index is -1.01. The number of furan rings is 1. The van der Waals surface area contributed by atoms with Gasteiger partial charge < -0.3 is 14.3 Å². The molecule has 0 saturated carbocycles. The van der Waals surface area contributed by atoms with E-state index < -0.39 is 18.0 Å². The first-order chi connectivity index (χ1) is 9.72. The van der Waals surface area contributed by atoms with Gasteiger partial charge in [-0.25, -0.2) is 0 Å². The second-order valence-electron chi connectivity index (χ2n) is 4.51. The zero-order valence-corrected chi connectivity index (χ0v) is 11.4. The molecule has 0 aliphatic rings. The van der Waals surface area contributed by atoms with Crippen molar-refractivity contribution in [2.24, 2.45) is 5.92 Å². The molecule has 1 N–H and O–H groups in total. The van der Waals surface area contributed by atoms with Crippen LogP contribution in [0.2, 0.25) is 0 Å². The zero-order valence-electron chi connectivity index (χ0n) is 11.4. The molecule has 0 radical (unpaired) electrons. The molecule has 4 heteroatoms. The van der Waals surface area contributed by atoms with E-state index in [-0.39, 0.29) is 6.61 Å². The molecule has 0 saturated heterocycles. The number of hydrogen-bond donors (Lipinski definition) is 1. The molecule has 0 spiro atoms. The normalized spacial score (nSPS) is 13.7. The molecular formula is C16H18O4. The van der Waals surface area contributed by atoms with Crippen molar-refractivity contribution in [2.75, 3.05) is 6.61 Å². The molecule has 2 aromatic rings. The lowest BCUT2D eigenvalue weighted by atomic mass is 9.92. The highest BCUT2D eigenvalue weighted by Crippen LogP contribution is 2.27. The van der Waals surface area contributed by atoms with Crippen LogP contribution in [0.25, 0.3) is 0 Å². The summed E-state index contributed by atoms with van der Waals surface area (Å²) in [5, 5.41) is 10.3. The predicted molar refractivity (Wildman–Crippen MR) is 73.9 cm³/mol. The molecule has 4 nitrogen and oxygen atoms in total. The summed E-state index contributed by atoms with van der Waals surface area (Å²) in [5.74, 6) is -0.720. The number of aliphatic hydroxyl groups is 1. The predicted octanol–water partition coefficient (Wildman–Crippen LogP) is 2.74. The molecule has 1 aromatic carbocycles. The Morgan fingerprint density at radius 1 is 1.25 bits per heavy atom. The minimum absolute atomic E-state index is 0.287. The second-order valence-corrected chi connectivity index (χ2v) is 4.51. The topological polar surface area (TPSA) is 59.7 Å². The van der Waals surface area contributed by atoms with Crippen molar-refractivity contribution >= 4 is 5.97 Å². The van der Waals surface area contributed by atoms with Crippen molar-refractivity contribution in [2.45, 2.75) is 19.4 Å². The third-order valence-electron chi connectivity index (χ3n) is 3.10. The van der Waals surface area contributed by atoms with Crippen molar-refractivity contribution in [3.8, 4) is 0 Å². The molecule has 2 rings (SSSR count). The Morgan fingerprint density at radius 3 is 2.60 bits per heavy atom. The monoisotopic (exact) mass is 274 g/mol. The van der Waals surface area contributed by atoms with Crippen LogP contribution >= 0.6 is 0 Å². The SMILES string of the molecule is CCOC(=O)[C@H](Cc1ccccc1)[C@H](O)c1ccco1. The highest BCUT2D eigenvalue weighted by molar-refractivity contribution is 5.73. The van der Waals surface area contributed by atoms with Gasteiger partial charge in [-0.2, -0.15) is 0 Å². The van der Waals surface area contributed by atoms with Gasteiger partial charge in [-0.1, -0.05) is 30.3 Å². The third kappa shape index (κ3) is 3.48. The fourth-order valence-corrected chi connectivity index (χ4v) is 2.10. The Labute approximate surface area is 118 Å². The molecule has 0 amide bonds. The van der Waals surface area contributed by atoms with Gasteiger partial charge in [-0.3, -0.25) is 4.79 Å². The van der Waals surface area contributed by atoms with E-state index in [0.29, 0.717) is 12.2 Å². The van der Waals surface area contributed by atoms with Crippen molar-refractivity contribution in [1.82, 2.24) is 0 Å². The first kappa shape index (κ1) is 14.3. The Kier molecular flexibility index (Phi) is 4.96. The lowest BCUT2D eigenvalue weighted by Crippen LogP contribution is -2.26. The van der Waals surface area contributed by atoms with Gasteiger partial charge in [0.05, 0.1) is 18.8 Å². The summed E-state index contributed by atoms with van der Waals surface area (Å²) in [4.78, 5) is 12.1. The summed E-state index contributed by atoms with van der Waals surface area (Å²) >= 11 is 0. The number of rotatable bonds is 6. The molecule has 1 aromatic heterocycles. The van der Waals surface area contributed by atoms with Gasteiger partial charge in [0.2, 0.25) is 0 Å². The third-order valence-corrected chi connectivity index (χ3v) is 3.10. The van der Waals surface area contributed by atoms with Crippen LogP contribution < -0.4 is 0 Å². The number of esters is 1. The highest BCUT2D eigenvalue weighted by atomic mass is 16.5. The Hall–Kier alpha value is -2.07. The number of hydrogen-bond acceptors (Lipinski definition) is 4. The van der Waals surface area contributed by atoms with Crippen molar-refractivity contribution in [1.29, 1.82) is 0 Å². The molecule has 0 fully saturated rings. The largest absolute Gasteiger partial charge is 0.467 e. The van der Waals surface area contributed by atoms with Gasteiger partial charge >= 0.3 is 5.97 Å². The number of ether oxygens (including phenoxy) is 1. The van der Waals surface area contributed by atoms with E-state index in [9.17, 15) is 9.90 Å². The molecule has 20 heavy (non-hydrogen) atoms. The standard InChI is InChI=1S/C16H18O4/c1-2-19-16(18)13(11-12-7-4-3-5-8-12)15(17)14-9-6-10-20-14/h3-10,13,15,17H,2,11H2,1H3/t13-,15+/m1/s1. The summed E-state index contributed by atoms with van der Waals surface area (Å²) in [5.41, 5.74) is 0.969. The van der Waals surface area contributed by atoms with Crippen LogP contribution in [-0.2, 0) is 16.0 Å². The van der Waals surface area contributed by atoms with Crippen LogP contribution in [0.5, 0.6) is 0 Å². The lowest BCUT2D eigenvalue weighted by Gasteiger charge is -2.20. The Morgan fingerprint density at radius 2 is 2.00 bits per heavy atom. The van der Waals surface area contributed by atoms with Crippen LogP contribution in [0.1, 0.15) is 24.4 Å². The molecule has 1 heterocycles. The van der Waals surface area contributed by atoms with Crippen LogP contribution in [0, 0.1) is 5.92 Å². The maximum absolute atomic E-state index is 12.1. The Bertz CT molecular complexity index is 519. The maximum Gasteiger partial charge on any atom is 0.312 e. The number of carbonyl (C=O) groups is 1. The van der Waals surface area contributed by atoms with E-state index in [1.807, 2.05) is 30.3 Å². The van der Waals surface area contributed by atoms with Crippen molar-refractivity contribution in [3.63, 3.8) is 0 Å². The number of carbonyl (C=O) groups excluding carboxylic acids is 1. The summed E-state index contributed by atoms with van der Waals surface area (Å²) in [6.45, 7) is 2.03. The van der Waals surface area contributed by atoms with Gasteiger partial charge in [-0.15, -0.1) is 0 Å². The minimum Gasteiger partial charge on any atom is -0.467 e. The molecule has 0 bridgehead atoms. The molecule has 0 aliphatic heterocycles. The quantitative estimate of drug-likeness (QED) is 0.823. The molecule has 0 unspecified atom stereocenters. The summed E-state index contributed by atoms with van der Waals surface area (Å²) in [6, 6.07) is 12.9. The highest BCUT2D eigenvalue weighted by Gasteiger charge is 2.31. The molecular weight excluding hydrogens is 256 g/mol. The fourth-order valence-electron chi connectivity index (χ4n) is 2.10. The fraction of sp³-hybridized carbons (Fsp3) is 0.312. The van der Waals surface area contributed by atoms with Gasteiger partial charge in [0.1, 0.15) is 11.9 Å². The van der Waals surface area contributed by atoms with Crippen LogP contribution in [-0.4, -0.2) is 17.7 Å². The van der Waals surface area contributed by atoms with E-state index in [1.165, 1.54) is 6.26 Å². The van der Waals surface area contributed by atoms with E-state index in [4.69, 9.17) is 9.15 Å². The van der Waals surface area contributed by atoms with E-state index >= 15 is 0 Å². The smallest absolute Gasteiger partial charge is 0.312 e. The van der Waals surface area contributed by atoms with Crippen LogP contribution in [0.3, 0.4) is 0 Å². The molecule has 0 aliphatic carbocycles. The Balaban J connectivity index is 2.18. The van der Waals surface area contributed by atoms with Gasteiger partial charge in [-0.05, 0) is 31.0 Å². The summed E-state index contributed by atoms with van der Waals surface area (Å²) in [6.07, 6.45) is 0.870. The maximum atomic E-state index is 12.1. The summed E-state index contributed by atoms with van der Waals surface area (Å²) < 4.78 is 10.2. The number of benzene rings is 1. The average Bonchev–Trinajstić information content (AvgIpc) is 2.99. The zero-order chi connectivity index (χ0) is 14.4. The molecule has 106 valence electrons. The first-order valence-corrected chi connectivity index (χ1v) is 6.64.